The van der Waals surface area contributed by atoms with E-state index in [1.54, 1.807) is 0 Å². The van der Waals surface area contributed by atoms with Gasteiger partial charge in [-0.15, -0.1) is 0 Å². The summed E-state index contributed by atoms with van der Waals surface area (Å²) >= 11 is 0. The summed E-state index contributed by atoms with van der Waals surface area (Å²) in [6.07, 6.45) is 1.68. The Kier molecular flexibility index (Phi) is 3.72. The molecule has 1 saturated carbocycles. The summed E-state index contributed by atoms with van der Waals surface area (Å²) in [7, 11) is 0. The van der Waals surface area contributed by atoms with E-state index in [4.69, 9.17) is 10.2 Å². The van der Waals surface area contributed by atoms with Gasteiger partial charge < -0.3 is 10.2 Å². The second-order valence-corrected chi connectivity index (χ2v) is 8.14. The number of fused-ring (bicyclic) bond motifs is 1. The molecule has 1 aliphatic rings. The van der Waals surface area contributed by atoms with Crippen LogP contribution in [0.3, 0.4) is 0 Å². The number of carbonyl (C=O) groups excluding carboxylic acids is 1. The Morgan fingerprint density at radius 1 is 1.12 bits per heavy atom. The highest BCUT2D eigenvalue weighted by Gasteiger charge is 2.47. The van der Waals surface area contributed by atoms with Gasteiger partial charge in [0.25, 0.3) is 0 Å². The number of hydrogen-bond acceptors (Lipinski definition) is 3. The van der Waals surface area contributed by atoms with Crippen LogP contribution >= 0.6 is 0 Å². The fourth-order valence-corrected chi connectivity index (χ4v) is 4.98. The lowest BCUT2D eigenvalue weighted by Crippen LogP contribution is -2.43. The lowest BCUT2D eigenvalue weighted by Gasteiger charge is -2.46. The molecule has 0 atom stereocenters. The number of benzene rings is 2. The normalized spacial score (nSPS) is 22.4. The van der Waals surface area contributed by atoms with Crippen molar-refractivity contribution >= 4 is 22.4 Å². The highest BCUT2D eigenvalue weighted by molar-refractivity contribution is 6.07. The Balaban J connectivity index is 1.61. The molecule has 1 fully saturated rings. The Morgan fingerprint density at radius 2 is 1.73 bits per heavy atom. The Bertz CT molecular complexity index is 999. The van der Waals surface area contributed by atoms with E-state index in [9.17, 15) is 4.79 Å². The fourth-order valence-electron chi connectivity index (χ4n) is 4.98. The van der Waals surface area contributed by atoms with Gasteiger partial charge in [-0.25, -0.2) is 0 Å². The van der Waals surface area contributed by atoms with Crippen LogP contribution in [0.2, 0.25) is 0 Å². The topological polar surface area (TPSA) is 56.2 Å². The van der Waals surface area contributed by atoms with Gasteiger partial charge in [-0.05, 0) is 67.9 Å². The van der Waals surface area contributed by atoms with Crippen molar-refractivity contribution in [3.05, 3.63) is 64.4 Å². The fraction of sp³-hybridized carbons (Fsp3) is 0.348. The zero-order chi connectivity index (χ0) is 18.6. The molecule has 3 aromatic rings. The molecule has 2 aromatic carbocycles. The second kappa shape index (κ2) is 5.73. The van der Waals surface area contributed by atoms with Crippen molar-refractivity contribution in [1.82, 2.24) is 0 Å². The number of carbonyl (C=O) groups is 1. The van der Waals surface area contributed by atoms with E-state index in [0.717, 1.165) is 18.2 Å². The van der Waals surface area contributed by atoms with Crippen molar-refractivity contribution in [2.24, 2.45) is 5.92 Å². The van der Waals surface area contributed by atoms with Gasteiger partial charge in [-0.2, -0.15) is 0 Å². The number of Topliss-reactive ketones (excluding diaryl/α,β-unsaturated/α-hetero) is 1. The van der Waals surface area contributed by atoms with Crippen LogP contribution in [-0.2, 0) is 5.41 Å². The van der Waals surface area contributed by atoms with E-state index >= 15 is 0 Å². The molecular weight excluding hydrogens is 322 g/mol. The molecule has 1 aromatic heterocycles. The minimum atomic E-state index is -0.0250. The van der Waals surface area contributed by atoms with Gasteiger partial charge in [-0.3, -0.25) is 4.79 Å². The maximum Gasteiger partial charge on any atom is 0.203 e. The van der Waals surface area contributed by atoms with Gasteiger partial charge in [-0.1, -0.05) is 36.8 Å². The number of hydrogen-bond donors (Lipinski definition) is 1. The number of rotatable bonds is 3. The van der Waals surface area contributed by atoms with E-state index in [1.165, 1.54) is 22.3 Å². The van der Waals surface area contributed by atoms with E-state index in [0.29, 0.717) is 17.0 Å². The zero-order valence-corrected chi connectivity index (χ0v) is 15.8. The quantitative estimate of drug-likeness (QED) is 0.637. The summed E-state index contributed by atoms with van der Waals surface area (Å²) in [5.41, 5.74) is 12.7. The van der Waals surface area contributed by atoms with Gasteiger partial charge in [0.1, 0.15) is 5.58 Å². The summed E-state index contributed by atoms with van der Waals surface area (Å²) < 4.78 is 5.78. The minimum absolute atomic E-state index is 0.0250. The van der Waals surface area contributed by atoms with Crippen LogP contribution in [-0.4, -0.2) is 5.78 Å². The van der Waals surface area contributed by atoms with Crippen LogP contribution in [0.1, 0.15) is 52.6 Å². The van der Waals surface area contributed by atoms with Crippen molar-refractivity contribution in [2.75, 3.05) is 5.73 Å². The van der Waals surface area contributed by atoms with E-state index in [-0.39, 0.29) is 17.1 Å². The third-order valence-electron chi connectivity index (χ3n) is 5.90. The van der Waals surface area contributed by atoms with E-state index < -0.39 is 0 Å². The van der Waals surface area contributed by atoms with Crippen molar-refractivity contribution in [2.45, 2.75) is 46.0 Å². The SMILES string of the molecule is Cc1cc(C)c(C2(C)CC(C(=O)c3oc4ccccc4c3N)C2)c(C)c1. The molecule has 0 saturated heterocycles. The third kappa shape index (κ3) is 2.45. The number of aryl methyl sites for hydroxylation is 3. The molecule has 3 heteroatoms. The molecule has 1 heterocycles. The minimum Gasteiger partial charge on any atom is -0.451 e. The third-order valence-corrected chi connectivity index (χ3v) is 5.90. The summed E-state index contributed by atoms with van der Waals surface area (Å²) in [6, 6.07) is 12.0. The molecule has 4 rings (SSSR count). The van der Waals surface area contributed by atoms with E-state index in [1.807, 2.05) is 24.3 Å². The number of para-hydroxylation sites is 1. The molecule has 0 unspecified atom stereocenters. The number of ketones is 1. The zero-order valence-electron chi connectivity index (χ0n) is 15.8. The Labute approximate surface area is 154 Å². The van der Waals surface area contributed by atoms with Gasteiger partial charge in [0, 0.05) is 11.3 Å². The first-order chi connectivity index (χ1) is 12.3. The lowest BCUT2D eigenvalue weighted by atomic mass is 9.57. The summed E-state index contributed by atoms with van der Waals surface area (Å²) in [5, 5.41) is 0.822. The predicted octanol–water partition coefficient (Wildman–Crippen LogP) is 5.49. The molecule has 1 aliphatic carbocycles. The molecule has 26 heavy (non-hydrogen) atoms. The van der Waals surface area contributed by atoms with Gasteiger partial charge in [0.2, 0.25) is 5.78 Å². The van der Waals surface area contributed by atoms with Crippen LogP contribution in [0.5, 0.6) is 0 Å². The van der Waals surface area contributed by atoms with Gasteiger partial charge >= 0.3 is 0 Å². The van der Waals surface area contributed by atoms with Crippen molar-refractivity contribution < 1.29 is 9.21 Å². The average Bonchev–Trinajstić information content (AvgIpc) is 2.88. The van der Waals surface area contributed by atoms with Crippen molar-refractivity contribution in [3.8, 4) is 0 Å². The van der Waals surface area contributed by atoms with Crippen LogP contribution in [0.4, 0.5) is 5.69 Å². The highest BCUT2D eigenvalue weighted by Crippen LogP contribution is 2.51. The maximum absolute atomic E-state index is 13.0. The first-order valence-corrected chi connectivity index (χ1v) is 9.20. The van der Waals surface area contributed by atoms with Gasteiger partial charge in [0.15, 0.2) is 5.76 Å². The van der Waals surface area contributed by atoms with Crippen LogP contribution < -0.4 is 5.73 Å². The molecular formula is C23H25NO2. The average molecular weight is 347 g/mol. The Hall–Kier alpha value is -2.55. The maximum atomic E-state index is 13.0. The molecule has 0 aliphatic heterocycles. The second-order valence-electron chi connectivity index (χ2n) is 8.14. The van der Waals surface area contributed by atoms with E-state index in [2.05, 4.69) is 39.8 Å². The first-order valence-electron chi connectivity index (χ1n) is 9.20. The molecule has 134 valence electrons. The first kappa shape index (κ1) is 16.9. The summed E-state index contributed by atoms with van der Waals surface area (Å²) in [6.45, 7) is 8.74. The molecule has 0 radical (unpaired) electrons. The molecule has 0 amide bonds. The number of anilines is 1. The largest absolute Gasteiger partial charge is 0.451 e. The lowest BCUT2D eigenvalue weighted by molar-refractivity contribution is 0.0706. The smallest absolute Gasteiger partial charge is 0.203 e. The summed E-state index contributed by atoms with van der Waals surface area (Å²) in [5.74, 6) is 0.345. The molecule has 0 spiro atoms. The van der Waals surface area contributed by atoms with Crippen LogP contribution in [0.25, 0.3) is 11.0 Å². The van der Waals surface area contributed by atoms with Crippen LogP contribution in [0, 0.1) is 26.7 Å². The number of nitrogens with two attached hydrogens (primary N) is 1. The highest BCUT2D eigenvalue weighted by atomic mass is 16.3. The van der Waals surface area contributed by atoms with Crippen molar-refractivity contribution in [1.29, 1.82) is 0 Å². The molecule has 0 bridgehead atoms. The molecule has 3 nitrogen and oxygen atoms in total. The monoisotopic (exact) mass is 347 g/mol. The standard InChI is InChI=1S/C23H25NO2/c1-13-9-14(2)19(15(3)10-13)23(4)11-16(12-23)21(25)22-20(24)17-7-5-6-8-18(17)26-22/h5-10,16H,11-12,24H2,1-4H3. The predicted molar refractivity (Wildman–Crippen MR) is 106 cm³/mol. The summed E-state index contributed by atoms with van der Waals surface area (Å²) in [4.78, 5) is 13.0. The van der Waals surface area contributed by atoms with Crippen LogP contribution in [0.15, 0.2) is 40.8 Å². The Morgan fingerprint density at radius 3 is 2.35 bits per heavy atom. The van der Waals surface area contributed by atoms with Gasteiger partial charge in [0.05, 0.1) is 5.69 Å². The number of nitrogen functional groups attached to an aromatic ring is 1. The number of furan rings is 1. The molecule has 2 N–H and O–H groups in total. The van der Waals surface area contributed by atoms with Crippen molar-refractivity contribution in [3.63, 3.8) is 0 Å².